The SMILES string of the molecule is CN1CCC2(C#Cc3cccc(-n4nc(C(N)=O)c5c4CCCC5(F)F)c3)OC2C1=O. The number of nitrogens with two attached hydrogens (primary N) is 1. The van der Waals surface area contributed by atoms with Crippen LogP contribution in [-0.2, 0) is 21.9 Å². The van der Waals surface area contributed by atoms with Crippen molar-refractivity contribution in [3.8, 4) is 17.5 Å². The van der Waals surface area contributed by atoms with E-state index in [-0.39, 0.29) is 24.3 Å². The number of nitrogens with zero attached hydrogens (tertiary/aromatic N) is 3. The number of carbonyl (C=O) groups excluding carboxylic acids is 2. The molecule has 2 aromatic rings. The van der Waals surface area contributed by atoms with Gasteiger partial charge in [0, 0.05) is 32.0 Å². The zero-order valence-corrected chi connectivity index (χ0v) is 16.8. The molecule has 3 heterocycles. The molecule has 1 aliphatic carbocycles. The van der Waals surface area contributed by atoms with E-state index >= 15 is 0 Å². The molecule has 1 aromatic heterocycles. The molecule has 160 valence electrons. The molecule has 5 rings (SSSR count). The molecule has 31 heavy (non-hydrogen) atoms. The maximum absolute atomic E-state index is 14.5. The number of fused-ring (bicyclic) bond motifs is 2. The summed E-state index contributed by atoms with van der Waals surface area (Å²) in [4.78, 5) is 25.5. The van der Waals surface area contributed by atoms with Crippen molar-refractivity contribution in [3.05, 3.63) is 46.8 Å². The number of aromatic nitrogens is 2. The van der Waals surface area contributed by atoms with Crippen LogP contribution in [0.15, 0.2) is 24.3 Å². The summed E-state index contributed by atoms with van der Waals surface area (Å²) >= 11 is 0. The third-order valence-corrected chi connectivity index (χ3v) is 6.11. The van der Waals surface area contributed by atoms with Crippen LogP contribution in [0.5, 0.6) is 0 Å². The molecule has 2 fully saturated rings. The third kappa shape index (κ3) is 3.10. The number of primary amides is 1. The lowest BCUT2D eigenvalue weighted by Gasteiger charge is -2.23. The van der Waals surface area contributed by atoms with Crippen LogP contribution in [0.1, 0.15) is 46.6 Å². The lowest BCUT2D eigenvalue weighted by molar-refractivity contribution is -0.131. The number of ether oxygens (including phenoxy) is 1. The zero-order valence-electron chi connectivity index (χ0n) is 16.8. The van der Waals surface area contributed by atoms with E-state index < -0.39 is 29.2 Å². The number of likely N-dealkylation sites (N-methyl/N-ethyl adjacent to an activating group) is 1. The number of hydrogen-bond donors (Lipinski definition) is 1. The zero-order chi connectivity index (χ0) is 22.0. The fraction of sp³-hybridized carbons (Fsp3) is 0.409. The number of hydrogen-bond acceptors (Lipinski definition) is 4. The maximum atomic E-state index is 14.5. The van der Waals surface area contributed by atoms with Gasteiger partial charge in [0.2, 0.25) is 0 Å². The topological polar surface area (TPSA) is 93.8 Å². The molecular formula is C22H20F2N4O3. The van der Waals surface area contributed by atoms with E-state index in [0.717, 1.165) is 0 Å². The van der Waals surface area contributed by atoms with Gasteiger partial charge in [-0.15, -0.1) is 0 Å². The van der Waals surface area contributed by atoms with E-state index in [1.807, 2.05) is 0 Å². The van der Waals surface area contributed by atoms with Gasteiger partial charge in [-0.05, 0) is 31.0 Å². The van der Waals surface area contributed by atoms with Gasteiger partial charge in [-0.3, -0.25) is 9.59 Å². The van der Waals surface area contributed by atoms with Crippen LogP contribution in [0.25, 0.3) is 5.69 Å². The summed E-state index contributed by atoms with van der Waals surface area (Å²) in [6.07, 6.45) is 0.424. The van der Waals surface area contributed by atoms with Crippen molar-refractivity contribution < 1.29 is 23.1 Å². The smallest absolute Gasteiger partial charge is 0.277 e. The number of rotatable bonds is 2. The number of amides is 2. The number of likely N-dealkylation sites (tertiary alicyclic amines) is 1. The molecule has 2 saturated heterocycles. The Balaban J connectivity index is 1.51. The van der Waals surface area contributed by atoms with Gasteiger partial charge in [0.1, 0.15) is 0 Å². The van der Waals surface area contributed by atoms with Crippen molar-refractivity contribution in [2.75, 3.05) is 13.6 Å². The third-order valence-electron chi connectivity index (χ3n) is 6.11. The maximum Gasteiger partial charge on any atom is 0.277 e. The first-order valence-electron chi connectivity index (χ1n) is 10.1. The Hall–Kier alpha value is -3.25. The van der Waals surface area contributed by atoms with Crippen LogP contribution in [-0.4, -0.2) is 51.8 Å². The number of halogens is 2. The molecule has 2 amide bonds. The average molecular weight is 426 g/mol. The molecule has 0 bridgehead atoms. The first-order valence-corrected chi connectivity index (χ1v) is 10.1. The second kappa shape index (κ2) is 6.62. The molecule has 2 aliphatic heterocycles. The highest BCUT2D eigenvalue weighted by molar-refractivity contribution is 5.93. The predicted octanol–water partition coefficient (Wildman–Crippen LogP) is 1.75. The highest BCUT2D eigenvalue weighted by atomic mass is 19.3. The molecule has 1 aromatic carbocycles. The Bertz CT molecular complexity index is 1180. The monoisotopic (exact) mass is 426 g/mol. The summed E-state index contributed by atoms with van der Waals surface area (Å²) < 4.78 is 36.0. The van der Waals surface area contributed by atoms with Gasteiger partial charge >= 0.3 is 0 Å². The summed E-state index contributed by atoms with van der Waals surface area (Å²) in [5, 5.41) is 4.13. The van der Waals surface area contributed by atoms with E-state index in [1.54, 1.807) is 36.2 Å². The summed E-state index contributed by atoms with van der Waals surface area (Å²) in [5.41, 5.74) is 5.25. The van der Waals surface area contributed by atoms with Crippen LogP contribution in [0.4, 0.5) is 8.78 Å². The lowest BCUT2D eigenvalue weighted by atomic mass is 9.91. The first kappa shape index (κ1) is 19.7. The molecular weight excluding hydrogens is 406 g/mol. The van der Waals surface area contributed by atoms with Crippen molar-refractivity contribution in [2.24, 2.45) is 5.73 Å². The fourth-order valence-electron chi connectivity index (χ4n) is 4.37. The molecule has 3 aliphatic rings. The number of epoxide rings is 1. The first-order chi connectivity index (χ1) is 14.7. The Morgan fingerprint density at radius 2 is 2.16 bits per heavy atom. The Labute approximate surface area is 177 Å². The number of alkyl halides is 2. The number of carbonyl (C=O) groups is 2. The standard InChI is InChI=1S/C22H20F2N4O3/c1-27-11-10-21(18(31-21)20(27)30)9-7-13-4-2-5-14(12-13)28-15-6-3-8-22(23,24)16(15)17(26-28)19(25)29/h2,4-5,12,18H,3,6,8,10-11H2,1H3,(H2,25,29). The Morgan fingerprint density at radius 1 is 1.35 bits per heavy atom. The van der Waals surface area contributed by atoms with Crippen LogP contribution >= 0.6 is 0 Å². The van der Waals surface area contributed by atoms with E-state index in [0.29, 0.717) is 36.3 Å². The minimum absolute atomic E-state index is 0.0719. The van der Waals surface area contributed by atoms with Gasteiger partial charge in [0.25, 0.3) is 17.7 Å². The molecule has 2 atom stereocenters. The normalized spacial score (nSPS) is 25.8. The largest absolute Gasteiger partial charge is 0.364 e. The highest BCUT2D eigenvalue weighted by Crippen LogP contribution is 2.44. The van der Waals surface area contributed by atoms with Crippen molar-refractivity contribution >= 4 is 11.8 Å². The summed E-state index contributed by atoms with van der Waals surface area (Å²) in [5.74, 6) is 1.92. The van der Waals surface area contributed by atoms with E-state index in [1.165, 1.54) is 4.68 Å². The molecule has 0 radical (unpaired) electrons. The Kier molecular flexibility index (Phi) is 4.21. The Morgan fingerprint density at radius 3 is 2.94 bits per heavy atom. The van der Waals surface area contributed by atoms with Gasteiger partial charge in [-0.25, -0.2) is 13.5 Å². The second-order valence-electron chi connectivity index (χ2n) is 8.20. The lowest BCUT2D eigenvalue weighted by Crippen LogP contribution is -2.41. The second-order valence-corrected chi connectivity index (χ2v) is 8.20. The average Bonchev–Trinajstić information content (AvgIpc) is 3.33. The van der Waals surface area contributed by atoms with Crippen LogP contribution in [0.3, 0.4) is 0 Å². The van der Waals surface area contributed by atoms with Crippen LogP contribution in [0.2, 0.25) is 0 Å². The molecule has 2 unspecified atom stereocenters. The fourth-order valence-corrected chi connectivity index (χ4v) is 4.37. The molecule has 2 N–H and O–H groups in total. The van der Waals surface area contributed by atoms with E-state index in [2.05, 4.69) is 16.9 Å². The molecule has 0 spiro atoms. The van der Waals surface area contributed by atoms with Gasteiger partial charge in [-0.2, -0.15) is 5.10 Å². The van der Waals surface area contributed by atoms with Crippen LogP contribution in [0, 0.1) is 11.8 Å². The van der Waals surface area contributed by atoms with E-state index in [9.17, 15) is 18.4 Å². The molecule has 9 heteroatoms. The minimum Gasteiger partial charge on any atom is -0.364 e. The van der Waals surface area contributed by atoms with Crippen LogP contribution < -0.4 is 5.73 Å². The van der Waals surface area contributed by atoms with Gasteiger partial charge in [0.05, 0.1) is 16.9 Å². The van der Waals surface area contributed by atoms with Crippen molar-refractivity contribution in [2.45, 2.75) is 43.3 Å². The van der Waals surface area contributed by atoms with Crippen molar-refractivity contribution in [1.29, 1.82) is 0 Å². The summed E-state index contributed by atoms with van der Waals surface area (Å²) in [6, 6.07) is 6.94. The molecule has 7 nitrogen and oxygen atoms in total. The highest BCUT2D eigenvalue weighted by Gasteiger charge is 2.63. The number of piperidine rings is 1. The predicted molar refractivity (Wildman–Crippen MR) is 106 cm³/mol. The van der Waals surface area contributed by atoms with E-state index in [4.69, 9.17) is 10.5 Å². The summed E-state index contributed by atoms with van der Waals surface area (Å²) in [7, 11) is 1.74. The summed E-state index contributed by atoms with van der Waals surface area (Å²) in [6.45, 7) is 0.577. The van der Waals surface area contributed by atoms with Crippen molar-refractivity contribution in [1.82, 2.24) is 14.7 Å². The van der Waals surface area contributed by atoms with Gasteiger partial charge < -0.3 is 15.4 Å². The van der Waals surface area contributed by atoms with Gasteiger partial charge in [-0.1, -0.05) is 17.9 Å². The molecule has 0 saturated carbocycles. The minimum atomic E-state index is -3.15. The van der Waals surface area contributed by atoms with Gasteiger partial charge in [0.15, 0.2) is 17.4 Å². The quantitative estimate of drug-likeness (QED) is 0.585. The van der Waals surface area contributed by atoms with Crippen molar-refractivity contribution in [3.63, 3.8) is 0 Å². The number of benzene rings is 1.